The first-order valence-electron chi connectivity index (χ1n) is 13.2. The molecule has 200 valence electrons. The number of carbonyl (C=O) groups is 1. The topological polar surface area (TPSA) is 66.3 Å². The number of pyridine rings is 1. The molecule has 1 N–H and O–H groups in total. The lowest BCUT2D eigenvalue weighted by molar-refractivity contribution is 0.181. The Bertz CT molecular complexity index is 1540. The summed E-state index contributed by atoms with van der Waals surface area (Å²) in [6.45, 7) is 3.70. The average Bonchev–Trinajstić information content (AvgIpc) is 3.47. The van der Waals surface area contributed by atoms with Gasteiger partial charge >= 0.3 is 6.03 Å². The predicted molar refractivity (Wildman–Crippen MR) is 152 cm³/mol. The zero-order valence-electron chi connectivity index (χ0n) is 21.8. The summed E-state index contributed by atoms with van der Waals surface area (Å²) in [5.41, 5.74) is 5.03. The van der Waals surface area contributed by atoms with Crippen LogP contribution in [0.15, 0.2) is 67.0 Å². The maximum absolute atomic E-state index is 13.5. The monoisotopic (exact) mass is 544 g/mol. The molecule has 2 aliphatic heterocycles. The first-order valence-corrected chi connectivity index (χ1v) is 13.6. The number of benzene rings is 2. The van der Waals surface area contributed by atoms with Gasteiger partial charge in [-0.25, -0.2) is 14.2 Å². The molecular weight excluding hydrogens is 515 g/mol. The number of nitrogens with one attached hydrogen (secondary N) is 1. The normalized spacial score (nSPS) is 16.8. The van der Waals surface area contributed by atoms with Crippen molar-refractivity contribution in [2.75, 3.05) is 31.1 Å². The third-order valence-corrected chi connectivity index (χ3v) is 8.23. The molecule has 0 radical (unpaired) electrons. The van der Waals surface area contributed by atoms with Crippen LogP contribution in [-0.4, -0.2) is 51.9 Å². The number of fused-ring (bicyclic) bond motifs is 4. The van der Waals surface area contributed by atoms with Crippen molar-refractivity contribution < 1.29 is 9.18 Å². The van der Waals surface area contributed by atoms with Gasteiger partial charge in [0.1, 0.15) is 11.0 Å². The minimum absolute atomic E-state index is 0.117. The van der Waals surface area contributed by atoms with Crippen molar-refractivity contribution >= 4 is 40.3 Å². The highest BCUT2D eigenvalue weighted by molar-refractivity contribution is 6.29. The van der Waals surface area contributed by atoms with Crippen LogP contribution in [-0.2, 0) is 19.0 Å². The van der Waals surface area contributed by atoms with Crippen LogP contribution in [0.5, 0.6) is 0 Å². The van der Waals surface area contributed by atoms with Crippen molar-refractivity contribution in [1.29, 1.82) is 0 Å². The zero-order chi connectivity index (χ0) is 27.0. The van der Waals surface area contributed by atoms with Crippen LogP contribution in [0.2, 0.25) is 5.15 Å². The number of rotatable bonds is 5. The lowest BCUT2D eigenvalue weighted by Gasteiger charge is -2.39. The molecule has 2 aromatic heterocycles. The highest BCUT2D eigenvalue weighted by atomic mass is 35.5. The molecule has 1 saturated heterocycles. The number of nitrogens with zero attached hydrogens (tertiary/aromatic N) is 5. The molecule has 4 aromatic rings. The summed E-state index contributed by atoms with van der Waals surface area (Å²) in [4.78, 5) is 21.8. The summed E-state index contributed by atoms with van der Waals surface area (Å²) in [6, 6.07) is 14.2. The Morgan fingerprint density at radius 1 is 1.15 bits per heavy atom. The second-order valence-electron chi connectivity index (χ2n) is 10.4. The van der Waals surface area contributed by atoms with Gasteiger partial charge in [0, 0.05) is 43.7 Å². The second kappa shape index (κ2) is 10.4. The Labute approximate surface area is 231 Å². The van der Waals surface area contributed by atoms with Gasteiger partial charge in [-0.3, -0.25) is 14.5 Å². The molecule has 6 rings (SSSR count). The Balaban J connectivity index is 1.20. The van der Waals surface area contributed by atoms with Crippen molar-refractivity contribution in [3.8, 4) is 0 Å². The fraction of sp³-hybridized carbons (Fsp3) is 0.300. The summed E-state index contributed by atoms with van der Waals surface area (Å²) in [5.74, 6) is -0.225. The number of piperidine rings is 1. The molecule has 9 heteroatoms. The number of anilines is 1. The Morgan fingerprint density at radius 2 is 1.95 bits per heavy atom. The minimum Gasteiger partial charge on any atom is -0.334 e. The van der Waals surface area contributed by atoms with E-state index >= 15 is 0 Å². The van der Waals surface area contributed by atoms with E-state index in [0.29, 0.717) is 18.2 Å². The van der Waals surface area contributed by atoms with E-state index in [2.05, 4.69) is 38.5 Å². The molecule has 0 unspecified atom stereocenters. The van der Waals surface area contributed by atoms with Crippen LogP contribution in [0.3, 0.4) is 0 Å². The summed E-state index contributed by atoms with van der Waals surface area (Å²) in [7, 11) is 1.96. The largest absolute Gasteiger partial charge is 0.334 e. The number of aromatic nitrogens is 3. The Hall–Kier alpha value is -3.75. The summed E-state index contributed by atoms with van der Waals surface area (Å²) >= 11 is 6.03. The van der Waals surface area contributed by atoms with Crippen LogP contribution < -0.4 is 10.2 Å². The SMILES string of the molecule is Cn1ncc2c3c(ccc21)N(C(=O)NCc1ccnc(Cl)c1)CC31CCN(CC=Cc2ccc(F)cc2)CC1. The van der Waals surface area contributed by atoms with Crippen LogP contribution in [0.4, 0.5) is 14.9 Å². The average molecular weight is 545 g/mol. The van der Waals surface area contributed by atoms with E-state index in [4.69, 9.17) is 11.6 Å². The van der Waals surface area contributed by atoms with Crippen molar-refractivity contribution in [1.82, 2.24) is 25.0 Å². The number of carbonyl (C=O) groups excluding carboxylic acids is 1. The van der Waals surface area contributed by atoms with Gasteiger partial charge in [-0.1, -0.05) is 35.9 Å². The van der Waals surface area contributed by atoms with E-state index in [1.807, 2.05) is 35.0 Å². The van der Waals surface area contributed by atoms with E-state index in [0.717, 1.165) is 60.2 Å². The van der Waals surface area contributed by atoms with Crippen LogP contribution in [0.25, 0.3) is 17.0 Å². The van der Waals surface area contributed by atoms with Crippen LogP contribution >= 0.6 is 11.6 Å². The van der Waals surface area contributed by atoms with Crippen molar-refractivity contribution in [3.05, 3.63) is 94.7 Å². The van der Waals surface area contributed by atoms with Crippen molar-refractivity contribution in [3.63, 3.8) is 0 Å². The van der Waals surface area contributed by atoms with Gasteiger partial charge in [0.05, 0.1) is 17.4 Å². The molecule has 2 amide bonds. The number of halogens is 2. The third-order valence-electron chi connectivity index (χ3n) is 8.03. The van der Waals surface area contributed by atoms with Crippen molar-refractivity contribution in [2.45, 2.75) is 24.8 Å². The molecular formula is C30H30ClFN6O. The summed E-state index contributed by atoms with van der Waals surface area (Å²) in [6.07, 6.45) is 9.65. The lowest BCUT2D eigenvalue weighted by Crippen LogP contribution is -2.47. The van der Waals surface area contributed by atoms with Crippen LogP contribution in [0, 0.1) is 5.82 Å². The molecule has 1 spiro atoms. The Kier molecular flexibility index (Phi) is 6.83. The Morgan fingerprint density at radius 3 is 2.72 bits per heavy atom. The second-order valence-corrected chi connectivity index (χ2v) is 10.8. The standard InChI is InChI=1S/C30H30ClFN6O/c1-36-25-8-9-26-28(24(25)19-35-36)30(20-38(26)29(39)34-18-22-10-13-33-27(31)17-22)11-15-37(16-12-30)14-2-3-21-4-6-23(32)7-5-21/h2-10,13,17,19H,11-12,14-16,18,20H2,1H3,(H,34,39). The third kappa shape index (κ3) is 5.02. The predicted octanol–water partition coefficient (Wildman–Crippen LogP) is 5.54. The molecule has 0 bridgehead atoms. The van der Waals surface area contributed by atoms with E-state index in [9.17, 15) is 9.18 Å². The summed E-state index contributed by atoms with van der Waals surface area (Å²) < 4.78 is 15.1. The fourth-order valence-electron chi connectivity index (χ4n) is 5.96. The molecule has 0 saturated carbocycles. The first-order chi connectivity index (χ1) is 18.9. The van der Waals surface area contributed by atoms with E-state index < -0.39 is 0 Å². The minimum atomic E-state index is -0.225. The molecule has 0 aliphatic carbocycles. The lowest BCUT2D eigenvalue weighted by atomic mass is 9.73. The number of hydrogen-bond donors (Lipinski definition) is 1. The summed E-state index contributed by atoms with van der Waals surface area (Å²) in [5, 5.41) is 9.14. The number of urea groups is 1. The highest BCUT2D eigenvalue weighted by Crippen LogP contribution is 2.50. The molecule has 4 heterocycles. The number of hydrogen-bond acceptors (Lipinski definition) is 4. The smallest absolute Gasteiger partial charge is 0.322 e. The number of amides is 2. The molecule has 39 heavy (non-hydrogen) atoms. The molecule has 2 aliphatic rings. The molecule has 1 fully saturated rings. The van der Waals surface area contributed by atoms with Gasteiger partial charge in [-0.2, -0.15) is 5.10 Å². The van der Waals surface area contributed by atoms with Crippen molar-refractivity contribution in [2.24, 2.45) is 7.05 Å². The van der Waals surface area contributed by atoms with Gasteiger partial charge in [-0.05, 0) is 79.0 Å². The van der Waals surface area contributed by atoms with E-state index in [-0.39, 0.29) is 17.3 Å². The highest BCUT2D eigenvalue weighted by Gasteiger charge is 2.47. The maximum atomic E-state index is 13.5. The number of aryl methyl sites for hydroxylation is 1. The fourth-order valence-corrected chi connectivity index (χ4v) is 6.15. The van der Waals surface area contributed by atoms with E-state index in [1.54, 1.807) is 24.4 Å². The number of likely N-dealkylation sites (tertiary alicyclic amines) is 1. The van der Waals surface area contributed by atoms with Gasteiger partial charge in [0.2, 0.25) is 0 Å². The van der Waals surface area contributed by atoms with Gasteiger partial charge in [-0.15, -0.1) is 0 Å². The molecule has 7 nitrogen and oxygen atoms in total. The van der Waals surface area contributed by atoms with E-state index in [1.165, 1.54) is 17.7 Å². The van der Waals surface area contributed by atoms with Crippen LogP contribution in [0.1, 0.15) is 29.5 Å². The van der Waals surface area contributed by atoms with Gasteiger partial charge < -0.3 is 5.32 Å². The quantitative estimate of drug-likeness (QED) is 0.335. The maximum Gasteiger partial charge on any atom is 0.322 e. The zero-order valence-corrected chi connectivity index (χ0v) is 22.5. The van der Waals surface area contributed by atoms with Gasteiger partial charge in [0.15, 0.2) is 0 Å². The molecule has 2 aromatic carbocycles. The van der Waals surface area contributed by atoms with Gasteiger partial charge in [0.25, 0.3) is 0 Å². The molecule has 0 atom stereocenters. The first kappa shape index (κ1) is 25.5.